The number of carbonyl (C=O) groups excluding carboxylic acids is 2. The number of halogens is 2. The molecule has 244 valence electrons. The largest absolute Gasteiger partial charge is 0.493 e. The normalized spacial score (nSPS) is 12.8. The van der Waals surface area contributed by atoms with Crippen molar-refractivity contribution in [3.8, 4) is 23.0 Å². The summed E-state index contributed by atoms with van der Waals surface area (Å²) in [5, 5.41) is 15.2. The molecule has 3 N–H and O–H groups in total. The Labute approximate surface area is 292 Å². The summed E-state index contributed by atoms with van der Waals surface area (Å²) >= 11 is 5.99. The van der Waals surface area contributed by atoms with Gasteiger partial charge in [-0.2, -0.15) is 0 Å². The lowest BCUT2D eigenvalue weighted by Crippen LogP contribution is -2.35. The molecule has 10 nitrogen and oxygen atoms in total. The van der Waals surface area contributed by atoms with Gasteiger partial charge < -0.3 is 30.0 Å². The number of aliphatic carboxylic acids is 1. The molecule has 1 aliphatic rings. The van der Waals surface area contributed by atoms with Gasteiger partial charge in [-0.25, -0.2) is 4.39 Å². The zero-order chi connectivity index (χ0) is 32.7. The number of hydrogen-bond donors (Lipinski definition) is 3. The highest BCUT2D eigenvalue weighted by atomic mass is 35.5. The number of unbranched alkanes of at least 4 members (excludes halogenated alkanes) is 3. The van der Waals surface area contributed by atoms with Crippen molar-refractivity contribution in [3.05, 3.63) is 77.7 Å². The molecule has 1 aliphatic carbocycles. The lowest BCUT2D eigenvalue weighted by molar-refractivity contribution is -0.137. The summed E-state index contributed by atoms with van der Waals surface area (Å²) in [5.74, 6) is -1.29. The van der Waals surface area contributed by atoms with Crippen molar-refractivity contribution >= 4 is 74.7 Å². The molecule has 1 saturated carbocycles. The Morgan fingerprint density at radius 1 is 0.894 bits per heavy atom. The van der Waals surface area contributed by atoms with Gasteiger partial charge in [0.15, 0.2) is 23.1 Å². The first kappa shape index (κ1) is 35.7. The van der Waals surface area contributed by atoms with E-state index in [2.05, 4.69) is 15.6 Å². The fourth-order valence-electron chi connectivity index (χ4n) is 4.93. The van der Waals surface area contributed by atoms with E-state index < -0.39 is 29.0 Å². The van der Waals surface area contributed by atoms with Gasteiger partial charge in [0.2, 0.25) is 11.8 Å². The Balaban J connectivity index is 0.00000500. The minimum atomic E-state index is -1.24. The molecule has 0 atom stereocenters. The second-order valence-corrected chi connectivity index (χ2v) is 11.4. The molecule has 2 amide bonds. The van der Waals surface area contributed by atoms with Crippen LogP contribution < -0.4 is 24.8 Å². The molecular formula is C34H35ClFMgN3O7. The third-order valence-electron chi connectivity index (χ3n) is 7.64. The Hall–Kier alpha value is -4.13. The molecule has 0 bridgehead atoms. The highest BCUT2D eigenvalue weighted by molar-refractivity contribution is 6.31. The number of aromatic nitrogens is 1. The van der Waals surface area contributed by atoms with Crippen molar-refractivity contribution in [2.75, 3.05) is 24.4 Å². The van der Waals surface area contributed by atoms with Crippen LogP contribution in [0, 0.1) is 11.2 Å². The predicted octanol–water partition coefficient (Wildman–Crippen LogP) is 6.68. The molecule has 3 aromatic carbocycles. The SMILES string of the molecule is COc1cc2c(Oc3ccc(NC(=O)C4(C(=O)Nc5cccc(Cl)c5)CC4)cc3F)ccnc2cc1OCCCCCCC(=O)O.[MgH2]. The van der Waals surface area contributed by atoms with Crippen molar-refractivity contribution in [1.29, 1.82) is 0 Å². The highest BCUT2D eigenvalue weighted by Crippen LogP contribution is 2.48. The van der Waals surface area contributed by atoms with Crippen LogP contribution >= 0.6 is 11.6 Å². The number of pyridine rings is 1. The molecule has 0 radical (unpaired) electrons. The van der Waals surface area contributed by atoms with E-state index in [4.69, 9.17) is 30.9 Å². The number of carboxylic acid groups (broad SMARTS) is 1. The Morgan fingerprint density at radius 3 is 2.28 bits per heavy atom. The Bertz CT molecular complexity index is 1770. The quantitative estimate of drug-likeness (QED) is 0.0721. The van der Waals surface area contributed by atoms with Gasteiger partial charge in [-0.05, 0) is 68.1 Å². The number of nitrogens with one attached hydrogen (secondary N) is 2. The van der Waals surface area contributed by atoms with Crippen molar-refractivity contribution in [2.45, 2.75) is 44.9 Å². The first-order valence-corrected chi connectivity index (χ1v) is 15.2. The van der Waals surface area contributed by atoms with E-state index in [0.29, 0.717) is 64.7 Å². The summed E-state index contributed by atoms with van der Waals surface area (Å²) in [6.45, 7) is 0.424. The van der Waals surface area contributed by atoms with Crippen molar-refractivity contribution in [3.63, 3.8) is 0 Å². The number of anilines is 2. The molecule has 0 aliphatic heterocycles. The van der Waals surface area contributed by atoms with Crippen LogP contribution in [0.15, 0.2) is 66.9 Å². The van der Waals surface area contributed by atoms with Crippen molar-refractivity contribution in [1.82, 2.24) is 4.98 Å². The summed E-state index contributed by atoms with van der Waals surface area (Å²) in [4.78, 5) is 41.0. The molecule has 1 fully saturated rings. The number of nitrogens with zero attached hydrogens (tertiary/aromatic N) is 1. The van der Waals surface area contributed by atoms with Gasteiger partial charge in [0.05, 0.1) is 19.2 Å². The number of carbonyl (C=O) groups is 3. The summed E-state index contributed by atoms with van der Waals surface area (Å²) in [7, 11) is 1.51. The number of carboxylic acids is 1. The molecule has 1 heterocycles. The number of rotatable bonds is 15. The van der Waals surface area contributed by atoms with E-state index in [9.17, 15) is 14.4 Å². The van der Waals surface area contributed by atoms with Crippen LogP contribution in [0.25, 0.3) is 10.9 Å². The van der Waals surface area contributed by atoms with Crippen LogP contribution in [0.2, 0.25) is 5.02 Å². The minimum absolute atomic E-state index is 0. The average Bonchev–Trinajstić information content (AvgIpc) is 3.84. The Morgan fingerprint density at radius 2 is 1.62 bits per heavy atom. The average molecular weight is 676 g/mol. The summed E-state index contributed by atoms with van der Waals surface area (Å²) in [6.07, 6.45) is 5.46. The van der Waals surface area contributed by atoms with Crippen LogP contribution in [-0.2, 0) is 14.4 Å². The summed E-state index contributed by atoms with van der Waals surface area (Å²) in [5.41, 5.74) is -0.0321. The molecular weight excluding hydrogens is 641 g/mol. The molecule has 47 heavy (non-hydrogen) atoms. The second-order valence-electron chi connectivity index (χ2n) is 11.0. The fourth-order valence-corrected chi connectivity index (χ4v) is 5.12. The minimum Gasteiger partial charge on any atom is -0.493 e. The first-order valence-electron chi connectivity index (χ1n) is 14.9. The maximum absolute atomic E-state index is 15.2. The van der Waals surface area contributed by atoms with E-state index in [1.165, 1.54) is 25.4 Å². The number of ether oxygens (including phenoxy) is 3. The second kappa shape index (κ2) is 16.1. The standard InChI is InChI=1S/C34H33ClFN3O7.Mg.2H/c1-44-29-19-24-26(20-30(29)45-16-5-3-2-4-9-31(40)41)37-15-12-27(24)46-28-11-10-23(18-25(28)36)39-33(43)34(13-14-34)32(42)38-22-8-6-7-21(35)17-22;;;/h6-8,10-12,15,17-20H,2-5,9,13-14,16H2,1H3,(H,38,42)(H,39,43)(H,40,41);;;. The fraction of sp³-hybridized carbons (Fsp3) is 0.294. The predicted molar refractivity (Wildman–Crippen MR) is 180 cm³/mol. The first-order chi connectivity index (χ1) is 22.2. The van der Waals surface area contributed by atoms with Crippen molar-refractivity contribution in [2.24, 2.45) is 5.41 Å². The molecule has 0 saturated heterocycles. The number of hydrogen-bond acceptors (Lipinski definition) is 7. The lowest BCUT2D eigenvalue weighted by atomic mass is 10.0. The van der Waals surface area contributed by atoms with E-state index in [1.807, 2.05) is 0 Å². The highest BCUT2D eigenvalue weighted by Gasteiger charge is 2.56. The maximum Gasteiger partial charge on any atom is 0.316 e. The maximum atomic E-state index is 15.2. The topological polar surface area (TPSA) is 136 Å². The van der Waals surface area contributed by atoms with Gasteiger partial charge in [-0.3, -0.25) is 19.4 Å². The molecule has 13 heteroatoms. The van der Waals surface area contributed by atoms with Gasteiger partial charge in [0.25, 0.3) is 0 Å². The van der Waals surface area contributed by atoms with Gasteiger partial charge in [-0.1, -0.05) is 30.5 Å². The smallest absolute Gasteiger partial charge is 0.316 e. The van der Waals surface area contributed by atoms with Gasteiger partial charge in [0, 0.05) is 46.5 Å². The van der Waals surface area contributed by atoms with Crippen LogP contribution in [-0.4, -0.2) is 64.6 Å². The zero-order valence-electron chi connectivity index (χ0n) is 25.1. The van der Waals surface area contributed by atoms with Crippen LogP contribution in [0.4, 0.5) is 15.8 Å². The number of benzene rings is 3. The Kier molecular flexibility index (Phi) is 12.2. The number of amides is 2. The molecule has 4 aromatic rings. The molecule has 0 unspecified atom stereocenters. The van der Waals surface area contributed by atoms with Gasteiger partial charge >= 0.3 is 29.0 Å². The van der Waals surface area contributed by atoms with Crippen LogP contribution in [0.3, 0.4) is 0 Å². The molecule has 0 spiro atoms. The number of methoxy groups -OCH3 is 1. The van der Waals surface area contributed by atoms with E-state index in [0.717, 1.165) is 25.3 Å². The third-order valence-corrected chi connectivity index (χ3v) is 7.88. The van der Waals surface area contributed by atoms with Crippen LogP contribution in [0.1, 0.15) is 44.9 Å². The van der Waals surface area contributed by atoms with Crippen molar-refractivity contribution < 1.29 is 38.1 Å². The lowest BCUT2D eigenvalue weighted by Gasteiger charge is -2.16. The monoisotopic (exact) mass is 675 g/mol. The van der Waals surface area contributed by atoms with Gasteiger partial charge in [0.1, 0.15) is 11.2 Å². The number of fused-ring (bicyclic) bond motifs is 1. The molecule has 5 rings (SSSR count). The van der Waals surface area contributed by atoms with Crippen LogP contribution in [0.5, 0.6) is 23.0 Å². The third kappa shape index (κ3) is 9.02. The van der Waals surface area contributed by atoms with E-state index in [-0.39, 0.29) is 40.9 Å². The van der Waals surface area contributed by atoms with Gasteiger partial charge in [-0.15, -0.1) is 0 Å². The summed E-state index contributed by atoms with van der Waals surface area (Å²) in [6, 6.07) is 15.7. The van der Waals surface area contributed by atoms with E-state index >= 15 is 4.39 Å². The van der Waals surface area contributed by atoms with E-state index in [1.54, 1.807) is 42.5 Å². The summed E-state index contributed by atoms with van der Waals surface area (Å²) < 4.78 is 32.6. The zero-order valence-corrected chi connectivity index (χ0v) is 25.9. The molecule has 1 aromatic heterocycles.